The number of hydrogen-bond acceptors (Lipinski definition) is 4. The van der Waals surface area contributed by atoms with E-state index in [2.05, 4.69) is 10.3 Å². The Morgan fingerprint density at radius 1 is 1.56 bits per heavy atom. The molecule has 1 aliphatic rings. The molecule has 6 nitrogen and oxygen atoms in total. The van der Waals surface area contributed by atoms with Gasteiger partial charge in [0.25, 0.3) is 0 Å². The summed E-state index contributed by atoms with van der Waals surface area (Å²) in [5.41, 5.74) is 6.38. The molecule has 1 saturated carbocycles. The van der Waals surface area contributed by atoms with Crippen LogP contribution < -0.4 is 5.73 Å². The van der Waals surface area contributed by atoms with Crippen LogP contribution in [0.4, 0.5) is 0 Å². The third-order valence-electron chi connectivity index (χ3n) is 3.26. The molecule has 1 aromatic heterocycles. The highest BCUT2D eigenvalue weighted by Crippen LogP contribution is 2.25. The van der Waals surface area contributed by atoms with Gasteiger partial charge in [0.1, 0.15) is 6.54 Å². The number of amides is 1. The van der Waals surface area contributed by atoms with Crippen molar-refractivity contribution in [3.8, 4) is 0 Å². The van der Waals surface area contributed by atoms with Gasteiger partial charge in [-0.3, -0.25) is 4.79 Å². The number of hydrogen-bond donors (Lipinski definition) is 1. The number of carbonyl (C=O) groups is 1. The molecular formula is C12H21N5O. The Bertz CT molecular complexity index is 399. The lowest BCUT2D eigenvalue weighted by atomic mass is 10.2. The average Bonchev–Trinajstić information content (AvgIpc) is 3.11. The molecule has 1 aromatic rings. The molecule has 0 aromatic carbocycles. The van der Waals surface area contributed by atoms with Crippen LogP contribution in [0.25, 0.3) is 0 Å². The third-order valence-corrected chi connectivity index (χ3v) is 3.26. The summed E-state index contributed by atoms with van der Waals surface area (Å²) in [7, 11) is 1.86. The Hall–Kier alpha value is -1.43. The number of rotatable bonds is 7. The number of carbonyl (C=O) groups excluding carboxylic acids is 1. The van der Waals surface area contributed by atoms with E-state index in [1.165, 1.54) is 0 Å². The van der Waals surface area contributed by atoms with Crippen molar-refractivity contribution in [3.05, 3.63) is 11.9 Å². The molecule has 0 bridgehead atoms. The summed E-state index contributed by atoms with van der Waals surface area (Å²) in [6.07, 6.45) is 7.01. The van der Waals surface area contributed by atoms with E-state index >= 15 is 0 Å². The Kier molecular flexibility index (Phi) is 4.30. The molecular weight excluding hydrogens is 230 g/mol. The molecule has 2 N–H and O–H groups in total. The van der Waals surface area contributed by atoms with E-state index < -0.39 is 0 Å². The lowest BCUT2D eigenvalue weighted by Crippen LogP contribution is -2.32. The van der Waals surface area contributed by atoms with Gasteiger partial charge in [-0.2, -0.15) is 0 Å². The minimum atomic E-state index is 0.107. The molecule has 2 rings (SSSR count). The predicted octanol–water partition coefficient (Wildman–Crippen LogP) is 0.180. The van der Waals surface area contributed by atoms with Crippen molar-refractivity contribution in [1.82, 2.24) is 19.9 Å². The van der Waals surface area contributed by atoms with E-state index in [9.17, 15) is 4.79 Å². The Labute approximate surface area is 107 Å². The van der Waals surface area contributed by atoms with Gasteiger partial charge in [-0.15, -0.1) is 5.10 Å². The van der Waals surface area contributed by atoms with Crippen LogP contribution in [0.2, 0.25) is 0 Å². The zero-order chi connectivity index (χ0) is 13.0. The molecule has 100 valence electrons. The largest absolute Gasteiger partial charge is 0.341 e. The van der Waals surface area contributed by atoms with Crippen molar-refractivity contribution >= 4 is 5.91 Å². The van der Waals surface area contributed by atoms with Crippen LogP contribution in [-0.4, -0.2) is 45.4 Å². The van der Waals surface area contributed by atoms with E-state index in [1.807, 2.05) is 18.1 Å². The summed E-state index contributed by atoms with van der Waals surface area (Å²) >= 11 is 0. The van der Waals surface area contributed by atoms with Crippen molar-refractivity contribution in [2.24, 2.45) is 5.73 Å². The van der Waals surface area contributed by atoms with Crippen molar-refractivity contribution in [3.63, 3.8) is 0 Å². The molecule has 1 heterocycles. The zero-order valence-corrected chi connectivity index (χ0v) is 10.9. The van der Waals surface area contributed by atoms with Gasteiger partial charge in [-0.05, 0) is 38.6 Å². The van der Waals surface area contributed by atoms with Gasteiger partial charge in [0.2, 0.25) is 5.91 Å². The van der Waals surface area contributed by atoms with Crippen molar-refractivity contribution < 1.29 is 4.79 Å². The molecule has 6 heteroatoms. The molecule has 0 unspecified atom stereocenters. The van der Waals surface area contributed by atoms with Crippen LogP contribution in [0, 0.1) is 0 Å². The molecule has 0 spiro atoms. The fourth-order valence-electron chi connectivity index (χ4n) is 1.90. The summed E-state index contributed by atoms with van der Waals surface area (Å²) in [6, 6.07) is 0.449. The number of nitrogens with zero attached hydrogens (tertiary/aromatic N) is 4. The van der Waals surface area contributed by atoms with Crippen LogP contribution in [0.3, 0.4) is 0 Å². The molecule has 0 aliphatic heterocycles. The monoisotopic (exact) mass is 251 g/mol. The van der Waals surface area contributed by atoms with Crippen LogP contribution in [0.1, 0.15) is 31.4 Å². The van der Waals surface area contributed by atoms with Gasteiger partial charge in [-0.25, -0.2) is 4.68 Å². The number of nitrogens with two attached hydrogens (primary N) is 1. The van der Waals surface area contributed by atoms with E-state index in [-0.39, 0.29) is 12.5 Å². The highest BCUT2D eigenvalue weighted by Gasteiger charge is 2.29. The first-order valence-electron chi connectivity index (χ1n) is 6.55. The fraction of sp³-hybridized carbons (Fsp3) is 0.750. The molecule has 0 radical (unpaired) electrons. The SMILES string of the molecule is CN(C(=O)Cn1cc(CCCCN)nn1)C1CC1. The first-order chi connectivity index (χ1) is 8.70. The van der Waals surface area contributed by atoms with Crippen LogP contribution >= 0.6 is 0 Å². The van der Waals surface area contributed by atoms with Crippen LogP contribution in [0.15, 0.2) is 6.20 Å². The lowest BCUT2D eigenvalue weighted by molar-refractivity contribution is -0.131. The first-order valence-corrected chi connectivity index (χ1v) is 6.55. The van der Waals surface area contributed by atoms with Crippen LogP contribution in [-0.2, 0) is 17.8 Å². The minimum absolute atomic E-state index is 0.107. The number of unbranched alkanes of at least 4 members (excludes halogenated alkanes) is 1. The summed E-state index contributed by atoms with van der Waals surface area (Å²) < 4.78 is 1.62. The van der Waals surface area contributed by atoms with Gasteiger partial charge in [0.05, 0.1) is 5.69 Å². The third kappa shape index (κ3) is 3.53. The zero-order valence-electron chi connectivity index (χ0n) is 10.9. The second kappa shape index (κ2) is 5.95. The Morgan fingerprint density at radius 3 is 3.00 bits per heavy atom. The topological polar surface area (TPSA) is 77.0 Å². The summed E-state index contributed by atoms with van der Waals surface area (Å²) in [5.74, 6) is 0.107. The van der Waals surface area contributed by atoms with Crippen molar-refractivity contribution in [2.75, 3.05) is 13.6 Å². The Morgan fingerprint density at radius 2 is 2.33 bits per heavy atom. The number of likely N-dealkylation sites (N-methyl/N-ethyl adjacent to an activating group) is 1. The van der Waals surface area contributed by atoms with Gasteiger partial charge in [-0.1, -0.05) is 5.21 Å². The normalized spacial score (nSPS) is 14.8. The maximum absolute atomic E-state index is 11.9. The van der Waals surface area contributed by atoms with Gasteiger partial charge < -0.3 is 10.6 Å². The van der Waals surface area contributed by atoms with Gasteiger partial charge in [0.15, 0.2) is 0 Å². The second-order valence-electron chi connectivity index (χ2n) is 4.89. The van der Waals surface area contributed by atoms with Gasteiger partial charge in [0, 0.05) is 19.3 Å². The smallest absolute Gasteiger partial charge is 0.244 e. The number of aromatic nitrogens is 3. The standard InChI is InChI=1S/C12H21N5O/c1-16(11-5-6-11)12(18)9-17-8-10(14-15-17)4-2-3-7-13/h8,11H,2-7,9,13H2,1H3. The lowest BCUT2D eigenvalue weighted by Gasteiger charge is -2.15. The first kappa shape index (κ1) is 13.0. The fourth-order valence-corrected chi connectivity index (χ4v) is 1.90. The maximum atomic E-state index is 11.9. The van der Waals surface area contributed by atoms with Gasteiger partial charge >= 0.3 is 0 Å². The van der Waals surface area contributed by atoms with E-state index in [0.717, 1.165) is 37.8 Å². The Balaban J connectivity index is 1.80. The summed E-state index contributed by atoms with van der Waals surface area (Å²) in [5, 5.41) is 8.05. The molecule has 1 aliphatic carbocycles. The van der Waals surface area contributed by atoms with E-state index in [1.54, 1.807) is 4.68 Å². The van der Waals surface area contributed by atoms with Crippen molar-refractivity contribution in [1.29, 1.82) is 0 Å². The quantitative estimate of drug-likeness (QED) is 0.701. The molecule has 0 atom stereocenters. The molecule has 0 saturated heterocycles. The molecule has 1 fully saturated rings. The highest BCUT2D eigenvalue weighted by molar-refractivity contribution is 5.76. The second-order valence-corrected chi connectivity index (χ2v) is 4.89. The maximum Gasteiger partial charge on any atom is 0.244 e. The molecule has 1 amide bonds. The molecule has 18 heavy (non-hydrogen) atoms. The van der Waals surface area contributed by atoms with Crippen molar-refractivity contribution in [2.45, 2.75) is 44.7 Å². The van der Waals surface area contributed by atoms with E-state index in [0.29, 0.717) is 12.6 Å². The average molecular weight is 251 g/mol. The number of aryl methyl sites for hydroxylation is 1. The van der Waals surface area contributed by atoms with Crippen LogP contribution in [0.5, 0.6) is 0 Å². The predicted molar refractivity (Wildman–Crippen MR) is 67.8 cm³/mol. The summed E-state index contributed by atoms with van der Waals surface area (Å²) in [4.78, 5) is 13.7. The minimum Gasteiger partial charge on any atom is -0.341 e. The summed E-state index contributed by atoms with van der Waals surface area (Å²) in [6.45, 7) is 0.996. The highest BCUT2D eigenvalue weighted by atomic mass is 16.2. The van der Waals surface area contributed by atoms with E-state index in [4.69, 9.17) is 5.73 Å².